The standard InChI is InChI=1S/C12H15NO/c1-6-5-10-7(2)8(3)13-9(4)11(10)12(6)14/h14H,5H2,1-4H3. The Labute approximate surface area is 84.3 Å². The number of fused-ring (bicyclic) bond motifs is 1. The predicted octanol–water partition coefficient (Wildman–Crippen LogP) is 2.85. The number of rotatable bonds is 0. The van der Waals surface area contributed by atoms with E-state index in [1.807, 2.05) is 20.8 Å². The summed E-state index contributed by atoms with van der Waals surface area (Å²) in [4.78, 5) is 4.44. The highest BCUT2D eigenvalue weighted by Gasteiger charge is 2.23. The second-order valence-electron chi connectivity index (χ2n) is 4.07. The summed E-state index contributed by atoms with van der Waals surface area (Å²) < 4.78 is 0. The molecule has 0 unspecified atom stereocenters. The van der Waals surface area contributed by atoms with E-state index in [4.69, 9.17) is 0 Å². The van der Waals surface area contributed by atoms with Crippen LogP contribution < -0.4 is 0 Å². The molecule has 0 aliphatic heterocycles. The Bertz CT molecular complexity index is 444. The van der Waals surface area contributed by atoms with Crippen LogP contribution in [0.2, 0.25) is 0 Å². The highest BCUT2D eigenvalue weighted by atomic mass is 16.3. The Morgan fingerprint density at radius 2 is 1.71 bits per heavy atom. The van der Waals surface area contributed by atoms with Gasteiger partial charge in [-0.05, 0) is 50.8 Å². The molecule has 0 bridgehead atoms. The minimum Gasteiger partial charge on any atom is -0.507 e. The number of hydrogen-bond donors (Lipinski definition) is 1. The van der Waals surface area contributed by atoms with E-state index in [1.54, 1.807) is 0 Å². The van der Waals surface area contributed by atoms with Crippen molar-refractivity contribution in [2.45, 2.75) is 34.1 Å². The largest absolute Gasteiger partial charge is 0.507 e. The lowest BCUT2D eigenvalue weighted by Crippen LogP contribution is -2.00. The smallest absolute Gasteiger partial charge is 0.124 e. The second kappa shape index (κ2) is 2.84. The van der Waals surface area contributed by atoms with E-state index in [0.717, 1.165) is 28.9 Å². The van der Waals surface area contributed by atoms with Crippen molar-refractivity contribution in [2.75, 3.05) is 0 Å². The summed E-state index contributed by atoms with van der Waals surface area (Å²) in [5, 5.41) is 9.89. The average Bonchev–Trinajstić information content (AvgIpc) is 2.40. The predicted molar refractivity (Wildman–Crippen MR) is 57.4 cm³/mol. The van der Waals surface area contributed by atoms with Crippen LogP contribution in [-0.4, -0.2) is 10.1 Å². The molecule has 0 spiro atoms. The van der Waals surface area contributed by atoms with E-state index in [2.05, 4.69) is 11.9 Å². The molecule has 0 atom stereocenters. The van der Waals surface area contributed by atoms with Crippen LogP contribution in [0.15, 0.2) is 5.57 Å². The Morgan fingerprint density at radius 1 is 1.07 bits per heavy atom. The second-order valence-corrected chi connectivity index (χ2v) is 4.07. The van der Waals surface area contributed by atoms with Crippen LogP contribution in [0.1, 0.15) is 35.0 Å². The molecule has 0 fully saturated rings. The molecule has 1 aliphatic carbocycles. The molecule has 2 rings (SSSR count). The van der Waals surface area contributed by atoms with Gasteiger partial charge in [-0.1, -0.05) is 0 Å². The molecule has 0 saturated heterocycles. The Kier molecular flexibility index (Phi) is 1.88. The first-order valence-electron chi connectivity index (χ1n) is 4.88. The normalized spacial score (nSPS) is 14.9. The molecule has 1 N–H and O–H groups in total. The van der Waals surface area contributed by atoms with E-state index >= 15 is 0 Å². The van der Waals surface area contributed by atoms with Crippen molar-refractivity contribution in [3.8, 4) is 0 Å². The fourth-order valence-corrected chi connectivity index (χ4v) is 2.11. The molecular weight excluding hydrogens is 174 g/mol. The number of pyridine rings is 1. The molecule has 1 aromatic heterocycles. The highest BCUT2D eigenvalue weighted by Crippen LogP contribution is 2.35. The Morgan fingerprint density at radius 3 is 2.36 bits per heavy atom. The molecule has 0 saturated carbocycles. The zero-order valence-corrected chi connectivity index (χ0v) is 9.10. The third-order valence-electron chi connectivity index (χ3n) is 3.08. The Balaban J connectivity index is 2.75. The number of aromatic nitrogens is 1. The van der Waals surface area contributed by atoms with Crippen LogP contribution in [-0.2, 0) is 6.42 Å². The molecule has 0 radical (unpaired) electrons. The number of aryl methyl sites for hydroxylation is 2. The van der Waals surface area contributed by atoms with Crippen molar-refractivity contribution in [3.63, 3.8) is 0 Å². The van der Waals surface area contributed by atoms with Gasteiger partial charge in [-0.2, -0.15) is 0 Å². The third-order valence-corrected chi connectivity index (χ3v) is 3.08. The van der Waals surface area contributed by atoms with Gasteiger partial charge in [-0.3, -0.25) is 4.98 Å². The van der Waals surface area contributed by atoms with Gasteiger partial charge in [0.2, 0.25) is 0 Å². The molecule has 1 aromatic rings. The van der Waals surface area contributed by atoms with Crippen LogP contribution in [0.4, 0.5) is 0 Å². The first kappa shape index (κ1) is 9.25. The lowest BCUT2D eigenvalue weighted by atomic mass is 10.0. The number of allylic oxidation sites excluding steroid dienone is 1. The maximum atomic E-state index is 9.89. The third kappa shape index (κ3) is 1.07. The summed E-state index contributed by atoms with van der Waals surface area (Å²) in [6.07, 6.45) is 0.872. The van der Waals surface area contributed by atoms with E-state index < -0.39 is 0 Å². The van der Waals surface area contributed by atoms with Gasteiger partial charge in [0.15, 0.2) is 0 Å². The highest BCUT2D eigenvalue weighted by molar-refractivity contribution is 5.73. The van der Waals surface area contributed by atoms with E-state index in [1.165, 1.54) is 11.1 Å². The summed E-state index contributed by atoms with van der Waals surface area (Å²) in [6.45, 7) is 8.03. The maximum Gasteiger partial charge on any atom is 0.124 e. The molecule has 0 aromatic carbocycles. The van der Waals surface area contributed by atoms with Gasteiger partial charge < -0.3 is 5.11 Å². The quantitative estimate of drug-likeness (QED) is 0.680. The Hall–Kier alpha value is -1.31. The van der Waals surface area contributed by atoms with Gasteiger partial charge in [0.25, 0.3) is 0 Å². The fraction of sp³-hybridized carbons (Fsp3) is 0.417. The van der Waals surface area contributed by atoms with Crippen LogP contribution in [0.5, 0.6) is 0 Å². The number of aliphatic hydroxyl groups is 1. The fourth-order valence-electron chi connectivity index (χ4n) is 2.11. The van der Waals surface area contributed by atoms with Gasteiger partial charge >= 0.3 is 0 Å². The lowest BCUT2D eigenvalue weighted by Gasteiger charge is -2.10. The summed E-state index contributed by atoms with van der Waals surface area (Å²) in [5.74, 6) is 0.438. The topological polar surface area (TPSA) is 33.1 Å². The molecule has 1 aliphatic rings. The number of nitrogens with zero attached hydrogens (tertiary/aromatic N) is 1. The summed E-state index contributed by atoms with van der Waals surface area (Å²) in [5.41, 5.74) is 6.50. The van der Waals surface area contributed by atoms with Gasteiger partial charge in [0.05, 0.1) is 0 Å². The molecule has 14 heavy (non-hydrogen) atoms. The van der Waals surface area contributed by atoms with Crippen LogP contribution in [0.25, 0.3) is 5.76 Å². The molecule has 0 amide bonds. The van der Waals surface area contributed by atoms with Crippen molar-refractivity contribution < 1.29 is 5.11 Å². The minimum atomic E-state index is 0.438. The molecule has 2 heteroatoms. The number of hydrogen-bond acceptors (Lipinski definition) is 2. The summed E-state index contributed by atoms with van der Waals surface area (Å²) in [6, 6.07) is 0. The van der Waals surface area contributed by atoms with Crippen molar-refractivity contribution in [2.24, 2.45) is 0 Å². The van der Waals surface area contributed by atoms with Gasteiger partial charge in [-0.25, -0.2) is 0 Å². The zero-order valence-electron chi connectivity index (χ0n) is 9.10. The van der Waals surface area contributed by atoms with Crippen LogP contribution in [0, 0.1) is 20.8 Å². The average molecular weight is 189 g/mol. The van der Waals surface area contributed by atoms with Crippen LogP contribution >= 0.6 is 0 Å². The lowest BCUT2D eigenvalue weighted by molar-refractivity contribution is 0.508. The van der Waals surface area contributed by atoms with Gasteiger partial charge in [-0.15, -0.1) is 0 Å². The molecule has 2 nitrogen and oxygen atoms in total. The first-order chi connectivity index (χ1) is 6.52. The van der Waals surface area contributed by atoms with E-state index in [-0.39, 0.29) is 0 Å². The molecular formula is C12H15NO. The zero-order chi connectivity index (χ0) is 10.5. The van der Waals surface area contributed by atoms with E-state index in [9.17, 15) is 5.11 Å². The van der Waals surface area contributed by atoms with Crippen molar-refractivity contribution in [3.05, 3.63) is 33.7 Å². The van der Waals surface area contributed by atoms with Gasteiger partial charge in [0.1, 0.15) is 5.76 Å². The van der Waals surface area contributed by atoms with Crippen molar-refractivity contribution >= 4 is 5.76 Å². The van der Waals surface area contributed by atoms with Crippen molar-refractivity contribution in [1.82, 2.24) is 4.98 Å². The summed E-state index contributed by atoms with van der Waals surface area (Å²) in [7, 11) is 0. The monoisotopic (exact) mass is 189 g/mol. The SMILES string of the molecule is CC1=C(O)c2c(C)nc(C)c(C)c2C1. The van der Waals surface area contributed by atoms with Gasteiger partial charge in [0, 0.05) is 17.0 Å². The first-order valence-corrected chi connectivity index (χ1v) is 4.88. The minimum absolute atomic E-state index is 0.438. The number of aliphatic hydroxyl groups excluding tert-OH is 1. The summed E-state index contributed by atoms with van der Waals surface area (Å²) >= 11 is 0. The molecule has 1 heterocycles. The van der Waals surface area contributed by atoms with Crippen molar-refractivity contribution in [1.29, 1.82) is 0 Å². The van der Waals surface area contributed by atoms with Crippen LogP contribution in [0.3, 0.4) is 0 Å². The maximum absolute atomic E-state index is 9.89. The van der Waals surface area contributed by atoms with E-state index in [0.29, 0.717) is 5.76 Å². The molecule has 74 valence electrons.